The van der Waals surface area contributed by atoms with Gasteiger partial charge in [-0.2, -0.15) is 0 Å². The fraction of sp³-hybridized carbons (Fsp3) is 0.333. The van der Waals surface area contributed by atoms with Crippen molar-refractivity contribution in [2.24, 2.45) is 0 Å². The summed E-state index contributed by atoms with van der Waals surface area (Å²) in [5.74, 6) is -0.0581. The van der Waals surface area contributed by atoms with Crippen molar-refractivity contribution >= 4 is 0 Å². The Balaban J connectivity index is 2.45. The predicted octanol–water partition coefficient (Wildman–Crippen LogP) is 4.15. The molecule has 0 aliphatic rings. The van der Waals surface area contributed by atoms with E-state index < -0.39 is 0 Å². The molecule has 1 N–H and O–H groups in total. The summed E-state index contributed by atoms with van der Waals surface area (Å²) in [7, 11) is 1.48. The first-order valence-corrected chi connectivity index (χ1v) is 7.20. The van der Waals surface area contributed by atoms with Gasteiger partial charge in [0.25, 0.3) is 0 Å². The first kappa shape index (κ1) is 15.5. The van der Waals surface area contributed by atoms with Crippen LogP contribution in [0.1, 0.15) is 35.2 Å². The lowest BCUT2D eigenvalue weighted by Gasteiger charge is -2.21. The Labute approximate surface area is 126 Å². The maximum Gasteiger partial charge on any atom is 0.165 e. The molecule has 3 heteroatoms. The highest BCUT2D eigenvalue weighted by Crippen LogP contribution is 2.28. The Morgan fingerprint density at radius 1 is 1.14 bits per heavy atom. The average Bonchev–Trinajstić information content (AvgIpc) is 2.45. The zero-order chi connectivity index (χ0) is 15.4. The van der Waals surface area contributed by atoms with Crippen molar-refractivity contribution in [1.82, 2.24) is 5.32 Å². The van der Waals surface area contributed by atoms with Crippen LogP contribution in [0.15, 0.2) is 36.4 Å². The lowest BCUT2D eigenvalue weighted by molar-refractivity contribution is 0.385. The monoisotopic (exact) mass is 287 g/mol. The molecule has 0 radical (unpaired) electrons. The maximum absolute atomic E-state index is 14.0. The summed E-state index contributed by atoms with van der Waals surface area (Å²) in [5, 5.41) is 3.43. The SMILES string of the molecule is CCNC(c1ccc(OC)c(F)c1)c1ccc(C)cc1C. The van der Waals surface area contributed by atoms with Gasteiger partial charge in [-0.1, -0.05) is 36.8 Å². The Morgan fingerprint density at radius 2 is 1.90 bits per heavy atom. The van der Waals surface area contributed by atoms with Crippen LogP contribution in [0.2, 0.25) is 0 Å². The molecule has 0 saturated carbocycles. The summed E-state index contributed by atoms with van der Waals surface area (Å²) in [6.45, 7) is 7.03. The highest BCUT2D eigenvalue weighted by atomic mass is 19.1. The Morgan fingerprint density at radius 3 is 2.48 bits per heavy atom. The quantitative estimate of drug-likeness (QED) is 0.892. The third-order valence-corrected chi connectivity index (χ3v) is 3.65. The summed E-state index contributed by atoms with van der Waals surface area (Å²) >= 11 is 0. The topological polar surface area (TPSA) is 21.3 Å². The Bertz CT molecular complexity index is 625. The molecule has 0 bridgehead atoms. The van der Waals surface area contributed by atoms with Crippen LogP contribution in [-0.4, -0.2) is 13.7 Å². The molecule has 112 valence electrons. The van der Waals surface area contributed by atoms with E-state index in [0.29, 0.717) is 0 Å². The molecule has 2 rings (SSSR count). The molecule has 0 heterocycles. The van der Waals surface area contributed by atoms with Gasteiger partial charge in [0.05, 0.1) is 13.2 Å². The van der Waals surface area contributed by atoms with Gasteiger partial charge in [-0.05, 0) is 49.2 Å². The molecule has 0 aromatic heterocycles. The van der Waals surface area contributed by atoms with Crippen LogP contribution in [0.4, 0.5) is 4.39 Å². The molecule has 0 spiro atoms. The normalized spacial score (nSPS) is 12.2. The van der Waals surface area contributed by atoms with Crippen molar-refractivity contribution in [3.63, 3.8) is 0 Å². The molecule has 21 heavy (non-hydrogen) atoms. The van der Waals surface area contributed by atoms with E-state index in [1.807, 2.05) is 6.07 Å². The van der Waals surface area contributed by atoms with Gasteiger partial charge in [0.15, 0.2) is 11.6 Å². The van der Waals surface area contributed by atoms with E-state index in [-0.39, 0.29) is 17.6 Å². The molecule has 0 amide bonds. The zero-order valence-corrected chi connectivity index (χ0v) is 13.0. The number of nitrogens with one attached hydrogen (secondary N) is 1. The molecule has 2 nitrogen and oxygen atoms in total. The first-order chi connectivity index (χ1) is 10.1. The van der Waals surface area contributed by atoms with Gasteiger partial charge >= 0.3 is 0 Å². The molecular weight excluding hydrogens is 265 g/mol. The van der Waals surface area contributed by atoms with E-state index >= 15 is 0 Å². The fourth-order valence-electron chi connectivity index (χ4n) is 2.62. The number of hydrogen-bond donors (Lipinski definition) is 1. The van der Waals surface area contributed by atoms with Crippen LogP contribution >= 0.6 is 0 Å². The molecule has 1 unspecified atom stereocenters. The molecule has 2 aromatic rings. The van der Waals surface area contributed by atoms with Crippen molar-refractivity contribution in [1.29, 1.82) is 0 Å². The van der Waals surface area contributed by atoms with Crippen molar-refractivity contribution < 1.29 is 9.13 Å². The van der Waals surface area contributed by atoms with Gasteiger partial charge in [0.1, 0.15) is 0 Å². The van der Waals surface area contributed by atoms with E-state index in [1.165, 1.54) is 23.8 Å². The molecule has 0 aliphatic heterocycles. The van der Waals surface area contributed by atoms with Crippen LogP contribution in [-0.2, 0) is 0 Å². The fourth-order valence-corrected chi connectivity index (χ4v) is 2.62. The van der Waals surface area contributed by atoms with Crippen LogP contribution in [0.25, 0.3) is 0 Å². The minimum Gasteiger partial charge on any atom is -0.494 e. The smallest absolute Gasteiger partial charge is 0.165 e. The van der Waals surface area contributed by atoms with Gasteiger partial charge in [0.2, 0.25) is 0 Å². The van der Waals surface area contributed by atoms with Crippen molar-refractivity contribution in [3.05, 3.63) is 64.5 Å². The number of ether oxygens (including phenoxy) is 1. The number of hydrogen-bond acceptors (Lipinski definition) is 2. The number of benzene rings is 2. The minimum absolute atomic E-state index is 0.0176. The van der Waals surface area contributed by atoms with Crippen molar-refractivity contribution in [2.45, 2.75) is 26.8 Å². The predicted molar refractivity (Wildman–Crippen MR) is 84.4 cm³/mol. The number of rotatable bonds is 5. The van der Waals surface area contributed by atoms with Crippen LogP contribution in [0, 0.1) is 19.7 Å². The maximum atomic E-state index is 14.0. The lowest BCUT2D eigenvalue weighted by Crippen LogP contribution is -2.23. The second-order valence-electron chi connectivity index (χ2n) is 5.24. The van der Waals surface area contributed by atoms with E-state index in [9.17, 15) is 4.39 Å². The summed E-state index contributed by atoms with van der Waals surface area (Å²) in [4.78, 5) is 0. The van der Waals surface area contributed by atoms with E-state index in [1.54, 1.807) is 12.1 Å². The third kappa shape index (κ3) is 3.42. The van der Waals surface area contributed by atoms with E-state index in [4.69, 9.17) is 4.74 Å². The summed E-state index contributed by atoms with van der Waals surface area (Å²) in [6, 6.07) is 11.5. The summed E-state index contributed by atoms with van der Waals surface area (Å²) < 4.78 is 19.0. The van der Waals surface area contributed by atoms with Crippen LogP contribution in [0.5, 0.6) is 5.75 Å². The van der Waals surface area contributed by atoms with Gasteiger partial charge < -0.3 is 10.1 Å². The van der Waals surface area contributed by atoms with E-state index in [2.05, 4.69) is 44.3 Å². The van der Waals surface area contributed by atoms with Crippen molar-refractivity contribution in [3.8, 4) is 5.75 Å². The first-order valence-electron chi connectivity index (χ1n) is 7.20. The summed E-state index contributed by atoms with van der Waals surface area (Å²) in [5.41, 5.74) is 4.51. The average molecular weight is 287 g/mol. The van der Waals surface area contributed by atoms with Crippen LogP contribution < -0.4 is 10.1 Å². The molecular formula is C18H22FNO. The Kier molecular flexibility index (Phi) is 4.97. The van der Waals surface area contributed by atoms with Gasteiger partial charge in [-0.15, -0.1) is 0 Å². The second kappa shape index (κ2) is 6.72. The highest BCUT2D eigenvalue weighted by Gasteiger charge is 2.17. The highest BCUT2D eigenvalue weighted by molar-refractivity contribution is 5.41. The zero-order valence-electron chi connectivity index (χ0n) is 13.0. The standard InChI is InChI=1S/C18H22FNO/c1-5-20-18(15-8-6-12(2)10-13(15)3)14-7-9-17(21-4)16(19)11-14/h6-11,18,20H,5H2,1-4H3. The minimum atomic E-state index is -0.331. The molecule has 0 saturated heterocycles. The van der Waals surface area contributed by atoms with Gasteiger partial charge in [0, 0.05) is 0 Å². The van der Waals surface area contributed by atoms with Crippen LogP contribution in [0.3, 0.4) is 0 Å². The largest absolute Gasteiger partial charge is 0.494 e. The van der Waals surface area contributed by atoms with Crippen molar-refractivity contribution in [2.75, 3.05) is 13.7 Å². The van der Waals surface area contributed by atoms with Gasteiger partial charge in [-0.25, -0.2) is 4.39 Å². The lowest BCUT2D eigenvalue weighted by atomic mass is 9.93. The molecule has 0 fully saturated rings. The molecule has 0 aliphatic carbocycles. The number of halogens is 1. The second-order valence-corrected chi connectivity index (χ2v) is 5.24. The number of aryl methyl sites for hydroxylation is 2. The third-order valence-electron chi connectivity index (χ3n) is 3.65. The number of methoxy groups -OCH3 is 1. The molecule has 1 atom stereocenters. The van der Waals surface area contributed by atoms with Gasteiger partial charge in [-0.3, -0.25) is 0 Å². The summed E-state index contributed by atoms with van der Waals surface area (Å²) in [6.07, 6.45) is 0. The molecule has 2 aromatic carbocycles. The van der Waals surface area contributed by atoms with E-state index in [0.717, 1.165) is 12.1 Å². The Hall–Kier alpha value is -1.87.